The summed E-state index contributed by atoms with van der Waals surface area (Å²) >= 11 is 0.867. The summed E-state index contributed by atoms with van der Waals surface area (Å²) in [6, 6.07) is 1.33. The zero-order valence-corrected chi connectivity index (χ0v) is 15.1. The summed E-state index contributed by atoms with van der Waals surface area (Å²) in [7, 11) is -1.10. The minimum atomic E-state index is -3.73. The lowest BCUT2D eigenvalue weighted by molar-refractivity contribution is 0.0606. The van der Waals surface area contributed by atoms with Gasteiger partial charge in [-0.25, -0.2) is 13.2 Å². The second-order valence-corrected chi connectivity index (χ2v) is 8.77. The van der Waals surface area contributed by atoms with Crippen molar-refractivity contribution in [2.24, 2.45) is 11.7 Å². The normalized spacial score (nSPS) is 21.0. The summed E-state index contributed by atoms with van der Waals surface area (Å²) in [6.07, 6.45) is 1.68. The van der Waals surface area contributed by atoms with E-state index in [4.69, 9.17) is 10.5 Å². The number of ether oxygens (including phenoxy) is 2. The van der Waals surface area contributed by atoms with E-state index in [1.807, 2.05) is 6.92 Å². The molecule has 1 aromatic rings. The number of carbonyl (C=O) groups is 1. The molecule has 0 spiro atoms. The lowest BCUT2D eigenvalue weighted by Crippen LogP contribution is -2.44. The fraction of sp³-hybridized carbons (Fsp3) is 0.643. The molecule has 2 heterocycles. The summed E-state index contributed by atoms with van der Waals surface area (Å²) in [6.45, 7) is 2.72. The Hall–Kier alpha value is -1.16. The average Bonchev–Trinajstić information content (AvgIpc) is 2.99. The molecule has 1 aromatic heterocycles. The fourth-order valence-electron chi connectivity index (χ4n) is 2.62. The van der Waals surface area contributed by atoms with Crippen molar-refractivity contribution >= 4 is 27.3 Å². The van der Waals surface area contributed by atoms with Gasteiger partial charge in [-0.2, -0.15) is 4.31 Å². The van der Waals surface area contributed by atoms with Crippen LogP contribution in [0.2, 0.25) is 0 Å². The summed E-state index contributed by atoms with van der Waals surface area (Å²) < 4.78 is 37.1. The first kappa shape index (κ1) is 18.2. The number of nitrogens with two attached hydrogens (primary N) is 1. The van der Waals surface area contributed by atoms with Gasteiger partial charge in [-0.15, -0.1) is 11.3 Å². The number of sulfonamides is 1. The maximum absolute atomic E-state index is 12.9. The lowest BCUT2D eigenvalue weighted by Gasteiger charge is -2.33. The highest BCUT2D eigenvalue weighted by Crippen LogP contribution is 2.37. The van der Waals surface area contributed by atoms with Gasteiger partial charge < -0.3 is 15.2 Å². The minimum Gasteiger partial charge on any atom is -0.494 e. The van der Waals surface area contributed by atoms with E-state index in [0.29, 0.717) is 13.1 Å². The molecular formula is C14H22N2O5S2. The van der Waals surface area contributed by atoms with Crippen LogP contribution in [-0.2, 0) is 14.8 Å². The molecule has 0 saturated carbocycles. The number of hydrogen-bond donors (Lipinski definition) is 1. The van der Waals surface area contributed by atoms with Crippen molar-refractivity contribution < 1.29 is 22.7 Å². The quantitative estimate of drug-likeness (QED) is 0.793. The molecule has 130 valence electrons. The Morgan fingerprint density at radius 1 is 1.48 bits per heavy atom. The second-order valence-electron chi connectivity index (χ2n) is 5.58. The first-order chi connectivity index (χ1) is 10.8. The van der Waals surface area contributed by atoms with Crippen LogP contribution in [0.15, 0.2) is 10.3 Å². The topological polar surface area (TPSA) is 98.9 Å². The molecule has 0 radical (unpaired) electrons. The van der Waals surface area contributed by atoms with Crippen molar-refractivity contribution in [1.29, 1.82) is 0 Å². The molecule has 0 bridgehead atoms. The van der Waals surface area contributed by atoms with Crippen LogP contribution in [0.4, 0.5) is 0 Å². The van der Waals surface area contributed by atoms with E-state index in [2.05, 4.69) is 4.74 Å². The molecule has 7 nitrogen and oxygen atoms in total. The molecule has 2 rings (SSSR count). The molecule has 0 aromatic carbocycles. The van der Waals surface area contributed by atoms with Crippen molar-refractivity contribution in [2.45, 2.75) is 30.0 Å². The van der Waals surface area contributed by atoms with Gasteiger partial charge in [0.2, 0.25) is 0 Å². The number of piperidine rings is 1. The summed E-state index contributed by atoms with van der Waals surface area (Å²) in [5.74, 6) is -0.287. The van der Waals surface area contributed by atoms with Crippen molar-refractivity contribution in [1.82, 2.24) is 4.31 Å². The van der Waals surface area contributed by atoms with Gasteiger partial charge in [-0.1, -0.05) is 0 Å². The predicted octanol–water partition coefficient (Wildman–Crippen LogP) is 1.29. The summed E-state index contributed by atoms with van der Waals surface area (Å²) in [4.78, 5) is 11.8. The van der Waals surface area contributed by atoms with Crippen LogP contribution in [0.1, 0.15) is 29.4 Å². The summed E-state index contributed by atoms with van der Waals surface area (Å²) in [5.41, 5.74) is 5.92. The van der Waals surface area contributed by atoms with E-state index in [9.17, 15) is 13.2 Å². The van der Waals surface area contributed by atoms with E-state index in [1.165, 1.54) is 24.6 Å². The number of nitrogens with zero attached hydrogens (tertiary/aromatic N) is 1. The third-order valence-corrected chi connectivity index (χ3v) is 7.46. The average molecular weight is 362 g/mol. The van der Waals surface area contributed by atoms with E-state index in [1.54, 1.807) is 0 Å². The Morgan fingerprint density at radius 2 is 2.17 bits per heavy atom. The Balaban J connectivity index is 2.35. The third-order valence-electron chi connectivity index (χ3n) is 4.01. The Labute approximate surface area is 140 Å². The van der Waals surface area contributed by atoms with Crippen molar-refractivity contribution in [3.05, 3.63) is 10.9 Å². The fourth-order valence-corrected chi connectivity index (χ4v) is 5.79. The highest BCUT2D eigenvalue weighted by Gasteiger charge is 2.35. The van der Waals surface area contributed by atoms with Crippen LogP contribution < -0.4 is 10.5 Å². The monoisotopic (exact) mass is 362 g/mol. The first-order valence-corrected chi connectivity index (χ1v) is 9.58. The molecule has 2 unspecified atom stereocenters. The van der Waals surface area contributed by atoms with Gasteiger partial charge in [0.15, 0.2) is 9.96 Å². The van der Waals surface area contributed by atoms with Crippen LogP contribution >= 0.6 is 11.3 Å². The molecule has 1 aliphatic heterocycles. The van der Waals surface area contributed by atoms with Gasteiger partial charge in [-0.05, 0) is 25.7 Å². The molecule has 1 fully saturated rings. The number of rotatable bonds is 5. The summed E-state index contributed by atoms with van der Waals surface area (Å²) in [5, 5.41) is 0. The molecule has 2 atom stereocenters. The maximum atomic E-state index is 12.9. The van der Waals surface area contributed by atoms with Crippen molar-refractivity contribution in [2.75, 3.05) is 27.3 Å². The molecular weight excluding hydrogens is 340 g/mol. The van der Waals surface area contributed by atoms with E-state index in [0.717, 1.165) is 24.2 Å². The molecule has 0 aliphatic carbocycles. The number of methoxy groups -OCH3 is 2. The zero-order valence-electron chi connectivity index (χ0n) is 13.4. The lowest BCUT2D eigenvalue weighted by atomic mass is 9.93. The van der Waals surface area contributed by atoms with Gasteiger partial charge in [-0.3, -0.25) is 0 Å². The Bertz CT molecular complexity index is 669. The highest BCUT2D eigenvalue weighted by atomic mass is 32.2. The zero-order chi connectivity index (χ0) is 17.2. The number of carbonyl (C=O) groups excluding carboxylic acids is 1. The molecule has 1 aliphatic rings. The van der Waals surface area contributed by atoms with Crippen molar-refractivity contribution in [3.63, 3.8) is 0 Å². The van der Waals surface area contributed by atoms with E-state index < -0.39 is 16.0 Å². The predicted molar refractivity (Wildman–Crippen MR) is 87.3 cm³/mol. The van der Waals surface area contributed by atoms with E-state index >= 15 is 0 Å². The molecule has 9 heteroatoms. The van der Waals surface area contributed by atoms with Crippen LogP contribution in [-0.4, -0.2) is 52.0 Å². The smallest absolute Gasteiger partial charge is 0.348 e. The Morgan fingerprint density at radius 3 is 2.74 bits per heavy atom. The SMILES string of the molecule is COC(=O)c1cc(OC)c(S(=O)(=O)N2CCCC(C(C)N)C2)s1. The molecule has 1 saturated heterocycles. The number of hydrogen-bond acceptors (Lipinski definition) is 7. The highest BCUT2D eigenvalue weighted by molar-refractivity contribution is 7.91. The van der Waals surface area contributed by atoms with Gasteiger partial charge >= 0.3 is 5.97 Å². The van der Waals surface area contributed by atoms with Crippen LogP contribution in [0, 0.1) is 5.92 Å². The standard InChI is InChI=1S/C14H22N2O5S2/c1-9(15)10-5-4-6-16(8-10)23(18,19)14-11(20-2)7-12(22-14)13(17)21-3/h7,9-10H,4-6,8,15H2,1-3H3. The Kier molecular flexibility index (Phi) is 5.66. The largest absolute Gasteiger partial charge is 0.494 e. The second kappa shape index (κ2) is 7.16. The first-order valence-electron chi connectivity index (χ1n) is 7.33. The molecule has 23 heavy (non-hydrogen) atoms. The van der Waals surface area contributed by atoms with Crippen molar-refractivity contribution in [3.8, 4) is 5.75 Å². The number of esters is 1. The van der Waals surface area contributed by atoms with Crippen LogP contribution in [0.3, 0.4) is 0 Å². The van der Waals surface area contributed by atoms with Crippen LogP contribution in [0.5, 0.6) is 5.75 Å². The number of thiophene rings is 1. The molecule has 0 amide bonds. The van der Waals surface area contributed by atoms with Gasteiger partial charge in [0, 0.05) is 25.2 Å². The van der Waals surface area contributed by atoms with Gasteiger partial charge in [0.05, 0.1) is 14.2 Å². The van der Waals surface area contributed by atoms with Crippen LogP contribution in [0.25, 0.3) is 0 Å². The molecule has 2 N–H and O–H groups in total. The maximum Gasteiger partial charge on any atom is 0.348 e. The third kappa shape index (κ3) is 3.68. The van der Waals surface area contributed by atoms with Gasteiger partial charge in [0.25, 0.3) is 10.0 Å². The van der Waals surface area contributed by atoms with E-state index in [-0.39, 0.29) is 26.8 Å². The van der Waals surface area contributed by atoms with Gasteiger partial charge in [0.1, 0.15) is 4.88 Å². The minimum absolute atomic E-state index is 0.0331.